The first-order valence-corrected chi connectivity index (χ1v) is 4.67. The van der Waals surface area contributed by atoms with Crippen molar-refractivity contribution in [3.05, 3.63) is 53.6 Å². The monoisotopic (exact) mass is 222 g/mol. The number of rotatable bonds is 3. The smallest absolute Gasteiger partial charge is 0.339 e. The van der Waals surface area contributed by atoms with Crippen LogP contribution in [0.2, 0.25) is 5.02 Å². The van der Waals surface area contributed by atoms with Crippen LogP contribution in [0.5, 0.6) is 0 Å². The summed E-state index contributed by atoms with van der Waals surface area (Å²) in [5.74, 6) is -0.460. The molecule has 0 spiro atoms. The van der Waals surface area contributed by atoms with E-state index in [-0.39, 0.29) is 0 Å². The molecule has 0 aliphatic heterocycles. The van der Waals surface area contributed by atoms with Gasteiger partial charge in [0.15, 0.2) is 0 Å². The number of esters is 1. The van der Waals surface area contributed by atoms with Crippen molar-refractivity contribution < 1.29 is 9.53 Å². The van der Waals surface area contributed by atoms with E-state index in [1.807, 2.05) is 0 Å². The number of methoxy groups -OCH3 is 1. The molecule has 0 N–H and O–H groups in total. The van der Waals surface area contributed by atoms with Crippen LogP contribution in [0.4, 0.5) is 0 Å². The number of hydrogen-bond acceptors (Lipinski definition) is 2. The third-order valence-corrected chi connectivity index (χ3v) is 2.32. The molecule has 78 valence electrons. The van der Waals surface area contributed by atoms with Crippen molar-refractivity contribution in [1.82, 2.24) is 0 Å². The van der Waals surface area contributed by atoms with Gasteiger partial charge in [-0.25, -0.2) is 4.79 Å². The lowest BCUT2D eigenvalue weighted by Crippen LogP contribution is -2.02. The summed E-state index contributed by atoms with van der Waals surface area (Å²) in [7, 11) is 1.31. The molecule has 0 saturated heterocycles. The van der Waals surface area contributed by atoms with E-state index in [4.69, 9.17) is 11.6 Å². The molecule has 0 aromatic heterocycles. The molecule has 0 aliphatic rings. The quantitative estimate of drug-likeness (QED) is 0.579. The molecular weight excluding hydrogens is 212 g/mol. The molecule has 0 saturated carbocycles. The lowest BCUT2D eigenvalue weighted by Gasteiger charge is -2.05. The zero-order chi connectivity index (χ0) is 11.4. The Bertz CT molecular complexity index is 422. The second kappa shape index (κ2) is 4.80. The average Bonchev–Trinajstić information content (AvgIpc) is 2.27. The summed E-state index contributed by atoms with van der Waals surface area (Å²) < 4.78 is 4.61. The maximum Gasteiger partial charge on any atom is 0.339 e. The van der Waals surface area contributed by atoms with Crippen LogP contribution in [0.3, 0.4) is 0 Å². The van der Waals surface area contributed by atoms with Gasteiger partial charge in [0.1, 0.15) is 0 Å². The largest absolute Gasteiger partial charge is 0.465 e. The lowest BCUT2D eigenvalue weighted by molar-refractivity contribution is 0.0601. The highest BCUT2D eigenvalue weighted by atomic mass is 35.5. The topological polar surface area (TPSA) is 26.3 Å². The molecule has 0 unspecified atom stereocenters. The van der Waals surface area contributed by atoms with Crippen molar-refractivity contribution in [2.24, 2.45) is 0 Å². The SMILES string of the molecule is C=CC(=C)c1ccc(Cl)c(C(=O)OC)c1. The van der Waals surface area contributed by atoms with E-state index >= 15 is 0 Å². The van der Waals surface area contributed by atoms with Gasteiger partial charge >= 0.3 is 5.97 Å². The van der Waals surface area contributed by atoms with Crippen LogP contribution in [0.15, 0.2) is 37.4 Å². The fourth-order valence-electron chi connectivity index (χ4n) is 1.11. The van der Waals surface area contributed by atoms with E-state index in [9.17, 15) is 4.79 Å². The molecule has 15 heavy (non-hydrogen) atoms. The highest BCUT2D eigenvalue weighted by Gasteiger charge is 2.11. The number of halogens is 1. The standard InChI is InChI=1S/C12H11ClO2/c1-4-8(2)9-5-6-11(13)10(7-9)12(14)15-3/h4-7H,1-2H2,3H3. The number of allylic oxidation sites excluding steroid dienone is 2. The Labute approximate surface area is 93.8 Å². The van der Waals surface area contributed by atoms with Crippen molar-refractivity contribution in [1.29, 1.82) is 0 Å². The number of carbonyl (C=O) groups excluding carboxylic acids is 1. The zero-order valence-corrected chi connectivity index (χ0v) is 9.17. The minimum absolute atomic E-state index is 0.333. The molecule has 1 aromatic carbocycles. The Morgan fingerprint density at radius 3 is 2.73 bits per heavy atom. The fraction of sp³-hybridized carbons (Fsp3) is 0.0833. The highest BCUT2D eigenvalue weighted by Crippen LogP contribution is 2.22. The summed E-state index contributed by atoms with van der Waals surface area (Å²) in [5.41, 5.74) is 1.87. The van der Waals surface area contributed by atoms with Crippen molar-refractivity contribution >= 4 is 23.1 Å². The molecule has 0 fully saturated rings. The van der Waals surface area contributed by atoms with Gasteiger partial charge in [-0.1, -0.05) is 36.9 Å². The van der Waals surface area contributed by atoms with Gasteiger partial charge in [-0.15, -0.1) is 0 Å². The van der Waals surface area contributed by atoms with E-state index < -0.39 is 5.97 Å². The van der Waals surface area contributed by atoms with Crippen LogP contribution in [-0.2, 0) is 4.74 Å². The van der Waals surface area contributed by atoms with Crippen LogP contribution in [0, 0.1) is 0 Å². The van der Waals surface area contributed by atoms with Crippen LogP contribution < -0.4 is 0 Å². The van der Waals surface area contributed by atoms with Gasteiger partial charge in [0.25, 0.3) is 0 Å². The normalized spacial score (nSPS) is 9.47. The van der Waals surface area contributed by atoms with Crippen LogP contribution in [0.25, 0.3) is 5.57 Å². The zero-order valence-electron chi connectivity index (χ0n) is 8.42. The molecule has 0 radical (unpaired) electrons. The highest BCUT2D eigenvalue weighted by molar-refractivity contribution is 6.33. The fourth-order valence-corrected chi connectivity index (χ4v) is 1.30. The lowest BCUT2D eigenvalue weighted by atomic mass is 10.0. The Hall–Kier alpha value is -1.54. The molecule has 0 aliphatic carbocycles. The summed E-state index contributed by atoms with van der Waals surface area (Å²) >= 11 is 5.86. The van der Waals surface area contributed by atoms with E-state index in [2.05, 4.69) is 17.9 Å². The van der Waals surface area contributed by atoms with Crippen LogP contribution in [-0.4, -0.2) is 13.1 Å². The van der Waals surface area contributed by atoms with Crippen LogP contribution in [0.1, 0.15) is 15.9 Å². The molecule has 0 heterocycles. The van der Waals surface area contributed by atoms with Gasteiger partial charge in [0, 0.05) is 0 Å². The van der Waals surface area contributed by atoms with Gasteiger partial charge in [0.05, 0.1) is 17.7 Å². The molecule has 2 nitrogen and oxygen atoms in total. The molecule has 0 atom stereocenters. The molecule has 0 amide bonds. The van der Waals surface area contributed by atoms with Gasteiger partial charge < -0.3 is 4.74 Å². The minimum atomic E-state index is -0.460. The summed E-state index contributed by atoms with van der Waals surface area (Å²) in [6, 6.07) is 5.05. The summed E-state index contributed by atoms with van der Waals surface area (Å²) in [5, 5.41) is 0.363. The first-order chi connectivity index (χ1) is 7.10. The molecular formula is C12H11ClO2. The van der Waals surface area contributed by atoms with Crippen molar-refractivity contribution in [2.45, 2.75) is 0 Å². The van der Waals surface area contributed by atoms with E-state index in [1.165, 1.54) is 7.11 Å². The first-order valence-electron chi connectivity index (χ1n) is 4.29. The summed E-state index contributed by atoms with van der Waals surface area (Å²) in [4.78, 5) is 11.3. The molecule has 3 heteroatoms. The van der Waals surface area contributed by atoms with E-state index in [0.29, 0.717) is 10.6 Å². The first kappa shape index (κ1) is 11.5. The number of ether oxygens (including phenoxy) is 1. The van der Waals surface area contributed by atoms with Crippen molar-refractivity contribution in [3.8, 4) is 0 Å². The maximum atomic E-state index is 11.3. The number of hydrogen-bond donors (Lipinski definition) is 0. The van der Waals surface area contributed by atoms with E-state index in [1.54, 1.807) is 24.3 Å². The minimum Gasteiger partial charge on any atom is -0.465 e. The van der Waals surface area contributed by atoms with E-state index in [0.717, 1.165) is 11.1 Å². The third-order valence-electron chi connectivity index (χ3n) is 1.99. The predicted molar refractivity (Wildman–Crippen MR) is 62.0 cm³/mol. The second-order valence-electron chi connectivity index (χ2n) is 2.92. The molecule has 0 bridgehead atoms. The summed E-state index contributed by atoms with van der Waals surface area (Å²) in [6.45, 7) is 7.39. The van der Waals surface area contributed by atoms with Crippen molar-refractivity contribution in [3.63, 3.8) is 0 Å². The van der Waals surface area contributed by atoms with Gasteiger partial charge in [-0.3, -0.25) is 0 Å². The van der Waals surface area contributed by atoms with Crippen LogP contribution >= 0.6 is 11.6 Å². The number of benzene rings is 1. The second-order valence-corrected chi connectivity index (χ2v) is 3.32. The predicted octanol–water partition coefficient (Wildman–Crippen LogP) is 3.33. The maximum absolute atomic E-state index is 11.3. The number of carbonyl (C=O) groups is 1. The Morgan fingerprint density at radius 1 is 1.53 bits per heavy atom. The average molecular weight is 223 g/mol. The van der Waals surface area contributed by atoms with Gasteiger partial charge in [-0.05, 0) is 23.3 Å². The molecule has 1 aromatic rings. The summed E-state index contributed by atoms with van der Waals surface area (Å²) in [6.07, 6.45) is 1.62. The third kappa shape index (κ3) is 2.48. The van der Waals surface area contributed by atoms with Gasteiger partial charge in [-0.2, -0.15) is 0 Å². The Kier molecular flexibility index (Phi) is 3.69. The van der Waals surface area contributed by atoms with Gasteiger partial charge in [0.2, 0.25) is 0 Å². The Balaban J connectivity index is 3.22. The molecule has 1 rings (SSSR count). The van der Waals surface area contributed by atoms with Crippen molar-refractivity contribution in [2.75, 3.05) is 7.11 Å². The Morgan fingerprint density at radius 2 is 2.20 bits per heavy atom.